The van der Waals surface area contributed by atoms with Crippen molar-refractivity contribution < 1.29 is 4.79 Å². The second-order valence-corrected chi connectivity index (χ2v) is 6.63. The van der Waals surface area contributed by atoms with E-state index in [0.29, 0.717) is 6.54 Å². The molecule has 0 saturated carbocycles. The lowest BCUT2D eigenvalue weighted by Crippen LogP contribution is -2.49. The minimum Gasteiger partial charge on any atom is -0.350 e. The van der Waals surface area contributed by atoms with Gasteiger partial charge in [-0.1, -0.05) is 34.6 Å². The molecule has 18 heavy (non-hydrogen) atoms. The van der Waals surface area contributed by atoms with Crippen LogP contribution in [0, 0.1) is 5.41 Å². The van der Waals surface area contributed by atoms with E-state index in [1.165, 1.54) is 0 Å². The Morgan fingerprint density at radius 2 is 1.50 bits per heavy atom. The predicted octanol–water partition coefficient (Wildman–Crippen LogP) is 3.08. The molecular formula is C14H31ClN2O. The highest BCUT2D eigenvalue weighted by Crippen LogP contribution is 2.26. The van der Waals surface area contributed by atoms with Crippen LogP contribution >= 0.6 is 12.4 Å². The number of amides is 1. The Labute approximate surface area is 119 Å². The van der Waals surface area contributed by atoms with E-state index < -0.39 is 0 Å². The van der Waals surface area contributed by atoms with E-state index in [1.807, 2.05) is 0 Å². The molecule has 0 radical (unpaired) electrons. The molecule has 0 aliphatic carbocycles. The van der Waals surface area contributed by atoms with Crippen molar-refractivity contribution in [3.8, 4) is 0 Å². The number of hydrogen-bond donors (Lipinski definition) is 1. The fraction of sp³-hybridized carbons (Fsp3) is 0.929. The molecule has 0 rings (SSSR count). The molecule has 0 saturated heterocycles. The maximum absolute atomic E-state index is 11.9. The average Bonchev–Trinajstić information content (AvgIpc) is 2.08. The monoisotopic (exact) mass is 278 g/mol. The molecule has 0 bridgehead atoms. The molecule has 1 amide bonds. The van der Waals surface area contributed by atoms with Gasteiger partial charge in [-0.15, -0.1) is 12.4 Å². The summed E-state index contributed by atoms with van der Waals surface area (Å²) in [7, 11) is 0. The zero-order valence-electron chi connectivity index (χ0n) is 13.1. The molecule has 1 N–H and O–H groups in total. The number of carbonyl (C=O) groups excluding carboxylic acids is 1. The number of likely N-dealkylation sites (N-methyl/N-ethyl adjacent to an activating group) is 1. The zero-order chi connectivity index (χ0) is 13.7. The summed E-state index contributed by atoms with van der Waals surface area (Å²) in [5, 5.41) is 3.13. The van der Waals surface area contributed by atoms with E-state index in [2.05, 4.69) is 58.7 Å². The number of hydrogen-bond acceptors (Lipinski definition) is 2. The van der Waals surface area contributed by atoms with Gasteiger partial charge in [-0.2, -0.15) is 0 Å². The van der Waals surface area contributed by atoms with Gasteiger partial charge in [0.05, 0.1) is 6.54 Å². The molecule has 4 heteroatoms. The first-order chi connectivity index (χ1) is 7.59. The van der Waals surface area contributed by atoms with E-state index in [9.17, 15) is 4.79 Å². The topological polar surface area (TPSA) is 32.3 Å². The molecule has 110 valence electrons. The third kappa shape index (κ3) is 9.72. The molecule has 0 unspecified atom stereocenters. The van der Waals surface area contributed by atoms with Crippen LogP contribution in [-0.2, 0) is 4.79 Å². The molecule has 0 aromatic heterocycles. The first-order valence-electron chi connectivity index (χ1n) is 6.63. The highest BCUT2D eigenvalue weighted by atomic mass is 35.5. The van der Waals surface area contributed by atoms with Gasteiger partial charge in [0.1, 0.15) is 0 Å². The molecule has 0 aliphatic heterocycles. The van der Waals surface area contributed by atoms with Crippen LogP contribution in [0.3, 0.4) is 0 Å². The van der Waals surface area contributed by atoms with E-state index in [1.54, 1.807) is 0 Å². The Morgan fingerprint density at radius 1 is 1.06 bits per heavy atom. The summed E-state index contributed by atoms with van der Waals surface area (Å²) in [4.78, 5) is 14.0. The molecule has 0 heterocycles. The van der Waals surface area contributed by atoms with E-state index in [0.717, 1.165) is 19.5 Å². The molecule has 0 spiro atoms. The number of nitrogens with zero attached hydrogens (tertiary/aromatic N) is 1. The predicted molar refractivity (Wildman–Crippen MR) is 81.3 cm³/mol. The van der Waals surface area contributed by atoms with Crippen molar-refractivity contribution in [1.82, 2.24) is 10.2 Å². The Balaban J connectivity index is 0. The number of rotatable bonds is 6. The van der Waals surface area contributed by atoms with Gasteiger partial charge in [0, 0.05) is 5.54 Å². The second kappa shape index (κ2) is 8.00. The summed E-state index contributed by atoms with van der Waals surface area (Å²) in [6, 6.07) is 0. The summed E-state index contributed by atoms with van der Waals surface area (Å²) < 4.78 is 0. The van der Waals surface area contributed by atoms with Gasteiger partial charge in [-0.3, -0.25) is 9.69 Å². The first-order valence-corrected chi connectivity index (χ1v) is 6.63. The summed E-state index contributed by atoms with van der Waals surface area (Å²) in [5.41, 5.74) is 0.0917. The first kappa shape index (κ1) is 20.0. The van der Waals surface area contributed by atoms with Crippen LogP contribution in [-0.4, -0.2) is 36.0 Å². The number of nitrogens with one attached hydrogen (secondary N) is 1. The smallest absolute Gasteiger partial charge is 0.234 e. The van der Waals surface area contributed by atoms with Crippen molar-refractivity contribution in [2.75, 3.05) is 19.6 Å². The standard InChI is InChI=1S/C14H30N2O.ClH/c1-8-16(9-2)10-12(17)15-14(6,7)11-13(3,4)5;/h8-11H2,1-7H3,(H,15,17);1H. The van der Waals surface area contributed by atoms with Crippen LogP contribution in [0.1, 0.15) is 54.9 Å². The van der Waals surface area contributed by atoms with Crippen LogP contribution in [0.5, 0.6) is 0 Å². The zero-order valence-corrected chi connectivity index (χ0v) is 13.9. The molecule has 0 aromatic carbocycles. The Kier molecular flexibility index (Phi) is 8.91. The minimum absolute atomic E-state index is 0. The molecule has 0 aromatic rings. The number of carbonyl (C=O) groups is 1. The van der Waals surface area contributed by atoms with Gasteiger partial charge < -0.3 is 5.32 Å². The Bertz CT molecular complexity index is 243. The summed E-state index contributed by atoms with van der Waals surface area (Å²) in [6.07, 6.45) is 0.976. The van der Waals surface area contributed by atoms with Crippen LogP contribution < -0.4 is 5.32 Å². The van der Waals surface area contributed by atoms with Gasteiger partial charge in [0.2, 0.25) is 5.91 Å². The van der Waals surface area contributed by atoms with Crippen LogP contribution in [0.25, 0.3) is 0 Å². The summed E-state index contributed by atoms with van der Waals surface area (Å²) in [6.45, 7) is 17.3. The lowest BCUT2D eigenvalue weighted by atomic mass is 9.82. The largest absolute Gasteiger partial charge is 0.350 e. The minimum atomic E-state index is -0.136. The lowest BCUT2D eigenvalue weighted by molar-refractivity contribution is -0.124. The number of halogens is 1. The highest BCUT2D eigenvalue weighted by molar-refractivity contribution is 5.85. The molecular weight excluding hydrogens is 248 g/mol. The fourth-order valence-corrected chi connectivity index (χ4v) is 2.44. The van der Waals surface area contributed by atoms with Crippen molar-refractivity contribution in [2.45, 2.75) is 60.4 Å². The van der Waals surface area contributed by atoms with Crippen LogP contribution in [0.4, 0.5) is 0 Å². The molecule has 0 atom stereocenters. The maximum Gasteiger partial charge on any atom is 0.234 e. The molecule has 3 nitrogen and oxygen atoms in total. The Morgan fingerprint density at radius 3 is 1.83 bits per heavy atom. The average molecular weight is 279 g/mol. The van der Waals surface area contributed by atoms with Crippen molar-refractivity contribution in [1.29, 1.82) is 0 Å². The van der Waals surface area contributed by atoms with E-state index in [4.69, 9.17) is 0 Å². The summed E-state index contributed by atoms with van der Waals surface area (Å²) >= 11 is 0. The second-order valence-electron chi connectivity index (χ2n) is 6.63. The van der Waals surface area contributed by atoms with Gasteiger partial charge in [0.15, 0.2) is 0 Å². The van der Waals surface area contributed by atoms with Crippen molar-refractivity contribution in [3.05, 3.63) is 0 Å². The third-order valence-electron chi connectivity index (χ3n) is 2.71. The van der Waals surface area contributed by atoms with Gasteiger partial charge in [-0.05, 0) is 38.8 Å². The van der Waals surface area contributed by atoms with E-state index in [-0.39, 0.29) is 29.3 Å². The SMILES string of the molecule is CCN(CC)CC(=O)NC(C)(C)CC(C)(C)C.Cl. The van der Waals surface area contributed by atoms with E-state index >= 15 is 0 Å². The van der Waals surface area contributed by atoms with Crippen LogP contribution in [0.2, 0.25) is 0 Å². The van der Waals surface area contributed by atoms with Crippen molar-refractivity contribution in [2.24, 2.45) is 5.41 Å². The third-order valence-corrected chi connectivity index (χ3v) is 2.71. The highest BCUT2D eigenvalue weighted by Gasteiger charge is 2.27. The molecule has 0 fully saturated rings. The molecule has 0 aliphatic rings. The van der Waals surface area contributed by atoms with Gasteiger partial charge >= 0.3 is 0 Å². The quantitative estimate of drug-likeness (QED) is 0.810. The summed E-state index contributed by atoms with van der Waals surface area (Å²) in [5.74, 6) is 0.128. The van der Waals surface area contributed by atoms with Crippen molar-refractivity contribution >= 4 is 18.3 Å². The van der Waals surface area contributed by atoms with Gasteiger partial charge in [0.25, 0.3) is 0 Å². The lowest BCUT2D eigenvalue weighted by Gasteiger charge is -2.34. The maximum atomic E-state index is 11.9. The normalized spacial score (nSPS) is 12.2. The van der Waals surface area contributed by atoms with Gasteiger partial charge in [-0.25, -0.2) is 0 Å². The van der Waals surface area contributed by atoms with Crippen LogP contribution in [0.15, 0.2) is 0 Å². The van der Waals surface area contributed by atoms with Crippen molar-refractivity contribution in [3.63, 3.8) is 0 Å². The Hall–Kier alpha value is -0.280. The fourth-order valence-electron chi connectivity index (χ4n) is 2.44.